The molecule has 0 radical (unpaired) electrons. The summed E-state index contributed by atoms with van der Waals surface area (Å²) in [7, 11) is -3.75. The van der Waals surface area contributed by atoms with Crippen LogP contribution in [0.15, 0.2) is 47.4 Å². The Morgan fingerprint density at radius 2 is 1.91 bits per heavy atom. The van der Waals surface area contributed by atoms with E-state index in [1.165, 1.54) is 16.4 Å². The van der Waals surface area contributed by atoms with E-state index in [0.717, 1.165) is 5.75 Å². The van der Waals surface area contributed by atoms with Gasteiger partial charge in [-0.1, -0.05) is 0 Å². The van der Waals surface area contributed by atoms with Crippen LogP contribution in [0.1, 0.15) is 19.8 Å². The molecule has 4 rings (SSSR count). The van der Waals surface area contributed by atoms with Crippen molar-refractivity contribution in [2.24, 2.45) is 5.92 Å². The first-order chi connectivity index (χ1) is 15.4. The van der Waals surface area contributed by atoms with Gasteiger partial charge in [0.25, 0.3) is 5.91 Å². The molecule has 32 heavy (non-hydrogen) atoms. The second kappa shape index (κ2) is 9.17. The summed E-state index contributed by atoms with van der Waals surface area (Å²) in [5, 5.41) is 5.51. The molecule has 9 nitrogen and oxygen atoms in total. The zero-order valence-corrected chi connectivity index (χ0v) is 18.5. The van der Waals surface area contributed by atoms with Gasteiger partial charge in [0.1, 0.15) is 11.5 Å². The average Bonchev–Trinajstić information content (AvgIpc) is 2.80. The van der Waals surface area contributed by atoms with Crippen LogP contribution in [0.2, 0.25) is 0 Å². The number of nitrogens with zero attached hydrogens (tertiary/aromatic N) is 1. The lowest BCUT2D eigenvalue weighted by molar-refractivity contribution is -0.121. The van der Waals surface area contributed by atoms with E-state index in [1.807, 2.05) is 6.92 Å². The van der Waals surface area contributed by atoms with E-state index in [9.17, 15) is 18.0 Å². The fraction of sp³-hybridized carbons (Fsp3) is 0.364. The second-order valence-electron chi connectivity index (χ2n) is 7.62. The Morgan fingerprint density at radius 3 is 2.59 bits per heavy atom. The van der Waals surface area contributed by atoms with Crippen LogP contribution in [0, 0.1) is 5.92 Å². The number of nitrogens with one attached hydrogen (secondary N) is 2. The van der Waals surface area contributed by atoms with Gasteiger partial charge in [-0.2, -0.15) is 4.31 Å². The molecule has 2 aromatic rings. The van der Waals surface area contributed by atoms with Crippen molar-refractivity contribution in [3.8, 4) is 11.5 Å². The monoisotopic (exact) mass is 459 g/mol. The second-order valence-corrected chi connectivity index (χ2v) is 9.56. The van der Waals surface area contributed by atoms with Gasteiger partial charge in [-0.15, -0.1) is 0 Å². The van der Waals surface area contributed by atoms with E-state index in [2.05, 4.69) is 10.6 Å². The highest BCUT2D eigenvalue weighted by Gasteiger charge is 2.33. The van der Waals surface area contributed by atoms with Crippen molar-refractivity contribution in [1.29, 1.82) is 0 Å². The number of ether oxygens (including phenoxy) is 2. The molecule has 2 aliphatic rings. The molecule has 0 aromatic heterocycles. The molecule has 1 fully saturated rings. The molecule has 0 bridgehead atoms. The Kier molecular flexibility index (Phi) is 6.33. The lowest BCUT2D eigenvalue weighted by atomic mass is 9.97. The first-order valence-electron chi connectivity index (χ1n) is 10.5. The lowest BCUT2D eigenvalue weighted by Gasteiger charge is -2.31. The third kappa shape index (κ3) is 4.71. The van der Waals surface area contributed by atoms with Crippen molar-refractivity contribution in [3.05, 3.63) is 42.5 Å². The minimum atomic E-state index is -3.75. The third-order valence-electron chi connectivity index (χ3n) is 5.48. The number of piperidine rings is 1. The molecule has 0 spiro atoms. The Bertz CT molecular complexity index is 1110. The van der Waals surface area contributed by atoms with Crippen molar-refractivity contribution in [2.45, 2.75) is 24.7 Å². The third-order valence-corrected chi connectivity index (χ3v) is 7.37. The van der Waals surface area contributed by atoms with Crippen LogP contribution in [-0.4, -0.2) is 50.8 Å². The van der Waals surface area contributed by atoms with Crippen LogP contribution in [0.4, 0.5) is 11.4 Å². The molecule has 2 amide bonds. The summed E-state index contributed by atoms with van der Waals surface area (Å²) in [6, 6.07) is 11.6. The molecule has 2 aliphatic heterocycles. The topological polar surface area (TPSA) is 114 Å². The van der Waals surface area contributed by atoms with Gasteiger partial charge in [-0.25, -0.2) is 8.42 Å². The van der Waals surface area contributed by atoms with Gasteiger partial charge >= 0.3 is 0 Å². The van der Waals surface area contributed by atoms with Crippen molar-refractivity contribution in [1.82, 2.24) is 4.31 Å². The SMILES string of the molecule is CCOc1ccc(NC(=O)C2CCN(S(=O)(=O)c3ccc4c(c3)NC(=O)CO4)CC2)cc1. The number of hydrogen-bond donors (Lipinski definition) is 2. The summed E-state index contributed by atoms with van der Waals surface area (Å²) in [6.07, 6.45) is 0.847. The normalized spacial score (nSPS) is 17.1. The molecule has 10 heteroatoms. The van der Waals surface area contributed by atoms with Crippen LogP contribution in [0.25, 0.3) is 0 Å². The van der Waals surface area contributed by atoms with Crippen molar-refractivity contribution < 1.29 is 27.5 Å². The summed E-state index contributed by atoms with van der Waals surface area (Å²) in [4.78, 5) is 24.2. The molecule has 2 N–H and O–H groups in total. The number of hydrogen-bond acceptors (Lipinski definition) is 6. The van der Waals surface area contributed by atoms with E-state index in [4.69, 9.17) is 9.47 Å². The van der Waals surface area contributed by atoms with Gasteiger partial charge in [0, 0.05) is 24.7 Å². The van der Waals surface area contributed by atoms with Crippen molar-refractivity contribution >= 4 is 33.2 Å². The van der Waals surface area contributed by atoms with E-state index in [-0.39, 0.29) is 42.3 Å². The van der Waals surface area contributed by atoms with Crippen LogP contribution >= 0.6 is 0 Å². The van der Waals surface area contributed by atoms with Crippen LogP contribution < -0.4 is 20.1 Å². The summed E-state index contributed by atoms with van der Waals surface area (Å²) in [5.41, 5.74) is 1.01. The van der Waals surface area contributed by atoms with Gasteiger partial charge in [0.2, 0.25) is 15.9 Å². The number of carbonyl (C=O) groups is 2. The number of rotatable bonds is 6. The Labute approximate surface area is 186 Å². The number of amides is 2. The fourth-order valence-corrected chi connectivity index (χ4v) is 5.27. The standard InChI is InChI=1S/C22H25N3O6S/c1-2-30-17-5-3-16(4-6-17)23-22(27)15-9-11-25(12-10-15)32(28,29)18-7-8-20-19(13-18)24-21(26)14-31-20/h3-8,13,15H,2,9-12,14H2,1H3,(H,23,27)(H,24,26). The minimum Gasteiger partial charge on any atom is -0.494 e. The summed E-state index contributed by atoms with van der Waals surface area (Å²) in [5.74, 6) is 0.445. The van der Waals surface area contributed by atoms with E-state index in [0.29, 0.717) is 36.6 Å². The predicted octanol–water partition coefficient (Wildman–Crippen LogP) is 2.46. The van der Waals surface area contributed by atoms with E-state index in [1.54, 1.807) is 30.3 Å². The molecule has 1 saturated heterocycles. The molecule has 0 atom stereocenters. The molecule has 2 heterocycles. The maximum Gasteiger partial charge on any atom is 0.262 e. The van der Waals surface area contributed by atoms with Gasteiger partial charge in [0.05, 0.1) is 17.2 Å². The number of benzene rings is 2. The summed E-state index contributed by atoms with van der Waals surface area (Å²) in [6.45, 7) is 2.86. The van der Waals surface area contributed by atoms with E-state index >= 15 is 0 Å². The number of sulfonamides is 1. The maximum atomic E-state index is 13.1. The Balaban J connectivity index is 1.37. The average molecular weight is 460 g/mol. The number of carbonyl (C=O) groups excluding carboxylic acids is 2. The highest BCUT2D eigenvalue weighted by atomic mass is 32.2. The van der Waals surface area contributed by atoms with Gasteiger partial charge in [-0.05, 0) is 62.2 Å². The summed E-state index contributed by atoms with van der Waals surface area (Å²) >= 11 is 0. The van der Waals surface area contributed by atoms with Crippen molar-refractivity contribution in [2.75, 3.05) is 36.9 Å². The summed E-state index contributed by atoms with van der Waals surface area (Å²) < 4.78 is 38.2. The first-order valence-corrected chi connectivity index (χ1v) is 11.9. The van der Waals surface area contributed by atoms with Gasteiger partial charge in [-0.3, -0.25) is 9.59 Å². The quantitative estimate of drug-likeness (QED) is 0.686. The Hall–Kier alpha value is -3.11. The molecule has 2 aromatic carbocycles. The molecule has 0 aliphatic carbocycles. The van der Waals surface area contributed by atoms with Gasteiger partial charge in [0.15, 0.2) is 6.61 Å². The van der Waals surface area contributed by atoms with Gasteiger partial charge < -0.3 is 20.1 Å². The van der Waals surface area contributed by atoms with Crippen LogP contribution in [0.3, 0.4) is 0 Å². The van der Waals surface area contributed by atoms with Crippen molar-refractivity contribution in [3.63, 3.8) is 0 Å². The van der Waals surface area contributed by atoms with Crippen LogP contribution in [-0.2, 0) is 19.6 Å². The molecular weight excluding hydrogens is 434 g/mol. The van der Waals surface area contributed by atoms with Crippen LogP contribution in [0.5, 0.6) is 11.5 Å². The number of fused-ring (bicyclic) bond motifs is 1. The minimum absolute atomic E-state index is 0.0827. The fourth-order valence-electron chi connectivity index (χ4n) is 3.78. The maximum absolute atomic E-state index is 13.1. The molecule has 0 saturated carbocycles. The zero-order chi connectivity index (χ0) is 22.7. The highest BCUT2D eigenvalue weighted by Crippen LogP contribution is 2.32. The highest BCUT2D eigenvalue weighted by molar-refractivity contribution is 7.89. The van der Waals surface area contributed by atoms with E-state index < -0.39 is 10.0 Å². The smallest absolute Gasteiger partial charge is 0.262 e. The lowest BCUT2D eigenvalue weighted by Crippen LogP contribution is -2.41. The predicted molar refractivity (Wildman–Crippen MR) is 118 cm³/mol. The molecule has 0 unspecified atom stereocenters. The zero-order valence-electron chi connectivity index (χ0n) is 17.7. The number of anilines is 2. The first kappa shape index (κ1) is 22.1. The molecule has 170 valence electrons. The Morgan fingerprint density at radius 1 is 1.19 bits per heavy atom. The molecular formula is C22H25N3O6S. The largest absolute Gasteiger partial charge is 0.494 e.